The number of rotatable bonds is 1. The van der Waals surface area contributed by atoms with E-state index in [0.29, 0.717) is 18.6 Å². The summed E-state index contributed by atoms with van der Waals surface area (Å²) in [6.07, 6.45) is 0.747. The molecule has 2 aliphatic rings. The van der Waals surface area contributed by atoms with Crippen LogP contribution in [0.15, 0.2) is 0 Å². The third-order valence-corrected chi connectivity index (χ3v) is 2.99. The first-order chi connectivity index (χ1) is 5.70. The van der Waals surface area contributed by atoms with Crippen molar-refractivity contribution in [1.82, 2.24) is 4.90 Å². The highest BCUT2D eigenvalue weighted by molar-refractivity contribution is 5.74. The first-order valence-corrected chi connectivity index (χ1v) is 4.22. The van der Waals surface area contributed by atoms with Crippen molar-refractivity contribution in [1.29, 1.82) is 0 Å². The van der Waals surface area contributed by atoms with Gasteiger partial charge in [0.25, 0.3) is 0 Å². The molecule has 0 amide bonds. The summed E-state index contributed by atoms with van der Waals surface area (Å²) in [5.74, 6) is -0.261. The van der Waals surface area contributed by atoms with Gasteiger partial charge in [0, 0.05) is 12.0 Å². The van der Waals surface area contributed by atoms with Crippen LogP contribution in [0, 0.1) is 5.92 Å². The van der Waals surface area contributed by atoms with E-state index in [4.69, 9.17) is 9.84 Å². The van der Waals surface area contributed by atoms with Gasteiger partial charge in [-0.05, 0) is 13.5 Å². The van der Waals surface area contributed by atoms with E-state index in [1.54, 1.807) is 0 Å². The Kier molecular flexibility index (Phi) is 1.81. The molecule has 0 spiro atoms. The monoisotopic (exact) mass is 171 g/mol. The quantitative estimate of drug-likeness (QED) is 0.593. The van der Waals surface area contributed by atoms with Crippen LogP contribution in [-0.2, 0) is 9.53 Å². The molecular formula is C8H13NO3. The Labute approximate surface area is 71.1 Å². The van der Waals surface area contributed by atoms with Gasteiger partial charge in [0.2, 0.25) is 0 Å². The van der Waals surface area contributed by atoms with Crippen molar-refractivity contribution in [2.45, 2.75) is 18.5 Å². The van der Waals surface area contributed by atoms with Gasteiger partial charge in [-0.15, -0.1) is 0 Å². The van der Waals surface area contributed by atoms with Crippen LogP contribution >= 0.6 is 0 Å². The van der Waals surface area contributed by atoms with E-state index in [1.165, 1.54) is 0 Å². The van der Waals surface area contributed by atoms with Gasteiger partial charge >= 0.3 is 5.97 Å². The molecule has 2 heterocycles. The third-order valence-electron chi connectivity index (χ3n) is 2.99. The van der Waals surface area contributed by atoms with Gasteiger partial charge in [-0.1, -0.05) is 0 Å². The molecule has 0 saturated carbocycles. The Morgan fingerprint density at radius 3 is 2.92 bits per heavy atom. The van der Waals surface area contributed by atoms with E-state index in [-0.39, 0.29) is 6.04 Å². The molecule has 0 aromatic carbocycles. The molecule has 3 unspecified atom stereocenters. The standard InChI is InChI=1S/C8H13NO3/c1-9-6(8(10)11)2-5-3-12-4-7(5)9/h5-7H,2-4H2,1H3,(H,10,11). The number of carboxylic acid groups (broad SMARTS) is 1. The van der Waals surface area contributed by atoms with Crippen molar-refractivity contribution in [3.8, 4) is 0 Å². The van der Waals surface area contributed by atoms with E-state index >= 15 is 0 Å². The van der Waals surface area contributed by atoms with Crippen molar-refractivity contribution < 1.29 is 14.6 Å². The molecule has 0 radical (unpaired) electrons. The lowest BCUT2D eigenvalue weighted by molar-refractivity contribution is -0.142. The summed E-state index contributed by atoms with van der Waals surface area (Å²) in [6, 6.07) is 0.0509. The van der Waals surface area contributed by atoms with Gasteiger partial charge in [0.05, 0.1) is 13.2 Å². The number of hydrogen-bond donors (Lipinski definition) is 1. The van der Waals surface area contributed by atoms with Crippen molar-refractivity contribution in [3.63, 3.8) is 0 Å². The van der Waals surface area contributed by atoms with Gasteiger partial charge < -0.3 is 9.84 Å². The number of carboxylic acids is 1. The molecule has 0 aromatic heterocycles. The minimum absolute atomic E-state index is 0.288. The molecule has 2 aliphatic heterocycles. The van der Waals surface area contributed by atoms with Crippen molar-refractivity contribution >= 4 is 5.97 Å². The smallest absolute Gasteiger partial charge is 0.320 e. The van der Waals surface area contributed by atoms with E-state index in [2.05, 4.69) is 0 Å². The topological polar surface area (TPSA) is 49.8 Å². The summed E-state index contributed by atoms with van der Waals surface area (Å²) in [4.78, 5) is 12.7. The van der Waals surface area contributed by atoms with Crippen LogP contribution in [0.25, 0.3) is 0 Å². The van der Waals surface area contributed by atoms with E-state index in [0.717, 1.165) is 13.0 Å². The predicted octanol–water partition coefficient (Wildman–Crippen LogP) is -0.210. The fourth-order valence-corrected chi connectivity index (χ4v) is 2.22. The number of likely N-dealkylation sites (N-methyl/N-ethyl adjacent to an activating group) is 1. The average molecular weight is 171 g/mol. The summed E-state index contributed by atoms with van der Waals surface area (Å²) >= 11 is 0. The van der Waals surface area contributed by atoms with Crippen LogP contribution in [-0.4, -0.2) is 48.3 Å². The van der Waals surface area contributed by atoms with Gasteiger partial charge in [-0.3, -0.25) is 9.69 Å². The van der Waals surface area contributed by atoms with Gasteiger partial charge in [0.15, 0.2) is 0 Å². The van der Waals surface area contributed by atoms with Crippen LogP contribution in [0.1, 0.15) is 6.42 Å². The Bertz CT molecular complexity index is 206. The number of fused-ring (bicyclic) bond motifs is 1. The molecule has 0 aliphatic carbocycles. The highest BCUT2D eigenvalue weighted by Gasteiger charge is 2.45. The normalized spacial score (nSPS) is 41.6. The second-order valence-electron chi connectivity index (χ2n) is 3.62. The molecule has 4 nitrogen and oxygen atoms in total. The first kappa shape index (κ1) is 8.01. The maximum Gasteiger partial charge on any atom is 0.320 e. The second kappa shape index (κ2) is 2.71. The number of hydrogen-bond acceptors (Lipinski definition) is 3. The van der Waals surface area contributed by atoms with Crippen LogP contribution in [0.2, 0.25) is 0 Å². The minimum atomic E-state index is -0.702. The lowest BCUT2D eigenvalue weighted by atomic mass is 10.0. The van der Waals surface area contributed by atoms with Crippen molar-refractivity contribution in [2.24, 2.45) is 5.92 Å². The molecule has 2 rings (SSSR count). The molecule has 1 N–H and O–H groups in total. The second-order valence-corrected chi connectivity index (χ2v) is 3.62. The molecule has 2 saturated heterocycles. The fraction of sp³-hybridized carbons (Fsp3) is 0.875. The molecule has 2 fully saturated rings. The zero-order chi connectivity index (χ0) is 8.72. The number of likely N-dealkylation sites (tertiary alicyclic amines) is 1. The summed E-state index contributed by atoms with van der Waals surface area (Å²) in [5.41, 5.74) is 0. The largest absolute Gasteiger partial charge is 0.480 e. The predicted molar refractivity (Wildman–Crippen MR) is 41.9 cm³/mol. The number of nitrogens with zero attached hydrogens (tertiary/aromatic N) is 1. The Morgan fingerprint density at radius 2 is 2.33 bits per heavy atom. The molecule has 3 atom stereocenters. The van der Waals surface area contributed by atoms with Crippen LogP contribution in [0.3, 0.4) is 0 Å². The van der Waals surface area contributed by atoms with Crippen LogP contribution in [0.5, 0.6) is 0 Å². The lowest BCUT2D eigenvalue weighted by Gasteiger charge is -2.20. The molecule has 0 bridgehead atoms. The maximum absolute atomic E-state index is 10.8. The molecule has 0 aromatic rings. The number of aliphatic carboxylic acids is 1. The molecule has 68 valence electrons. The van der Waals surface area contributed by atoms with Gasteiger partial charge in [-0.2, -0.15) is 0 Å². The van der Waals surface area contributed by atoms with Crippen molar-refractivity contribution in [2.75, 3.05) is 20.3 Å². The number of ether oxygens (including phenoxy) is 1. The van der Waals surface area contributed by atoms with Crippen molar-refractivity contribution in [3.05, 3.63) is 0 Å². The van der Waals surface area contributed by atoms with E-state index in [1.807, 2.05) is 11.9 Å². The fourth-order valence-electron chi connectivity index (χ4n) is 2.22. The van der Waals surface area contributed by atoms with Crippen LogP contribution in [0.4, 0.5) is 0 Å². The summed E-state index contributed by atoms with van der Waals surface area (Å²) in [5, 5.41) is 8.86. The van der Waals surface area contributed by atoms with E-state index < -0.39 is 5.97 Å². The first-order valence-electron chi connectivity index (χ1n) is 4.22. The Hall–Kier alpha value is -0.610. The highest BCUT2D eigenvalue weighted by atomic mass is 16.5. The number of carbonyl (C=O) groups is 1. The molecular weight excluding hydrogens is 158 g/mol. The summed E-state index contributed by atoms with van der Waals surface area (Å²) in [7, 11) is 1.87. The van der Waals surface area contributed by atoms with Gasteiger partial charge in [0.1, 0.15) is 6.04 Å². The zero-order valence-corrected chi connectivity index (χ0v) is 7.06. The Balaban J connectivity index is 2.10. The molecule has 4 heteroatoms. The van der Waals surface area contributed by atoms with Crippen LogP contribution < -0.4 is 0 Å². The lowest BCUT2D eigenvalue weighted by Crippen LogP contribution is -2.38. The highest BCUT2D eigenvalue weighted by Crippen LogP contribution is 2.32. The Morgan fingerprint density at radius 1 is 1.58 bits per heavy atom. The van der Waals surface area contributed by atoms with Gasteiger partial charge in [-0.25, -0.2) is 0 Å². The zero-order valence-electron chi connectivity index (χ0n) is 7.06. The molecule has 12 heavy (non-hydrogen) atoms. The minimum Gasteiger partial charge on any atom is -0.480 e. The third kappa shape index (κ3) is 1.03. The SMILES string of the molecule is CN1C(C(=O)O)CC2COCC21. The maximum atomic E-state index is 10.8. The summed E-state index contributed by atoms with van der Waals surface area (Å²) in [6.45, 7) is 1.43. The summed E-state index contributed by atoms with van der Waals surface area (Å²) < 4.78 is 5.28. The average Bonchev–Trinajstić information content (AvgIpc) is 2.53. The van der Waals surface area contributed by atoms with E-state index in [9.17, 15) is 4.79 Å².